The fourth-order valence-electron chi connectivity index (χ4n) is 3.21. The van der Waals surface area contributed by atoms with Crippen molar-refractivity contribution in [2.45, 2.75) is 13.3 Å². The van der Waals surface area contributed by atoms with Crippen LogP contribution in [0.3, 0.4) is 0 Å². The van der Waals surface area contributed by atoms with Crippen LogP contribution in [0.25, 0.3) is 0 Å². The summed E-state index contributed by atoms with van der Waals surface area (Å²) >= 11 is 0. The minimum absolute atomic E-state index is 0.0749. The molecule has 7 heteroatoms. The molecule has 0 aromatic heterocycles. The maximum Gasteiger partial charge on any atom is 0.224 e. The monoisotopic (exact) mass is 383 g/mol. The second kappa shape index (κ2) is 9.21. The van der Waals surface area contributed by atoms with Gasteiger partial charge in [0.15, 0.2) is 5.96 Å². The van der Waals surface area contributed by atoms with Gasteiger partial charge in [0.1, 0.15) is 5.82 Å². The first-order valence-electron chi connectivity index (χ1n) is 9.43. The lowest BCUT2D eigenvalue weighted by Crippen LogP contribution is -2.48. The van der Waals surface area contributed by atoms with E-state index >= 15 is 0 Å². The largest absolute Gasteiger partial charge is 0.370 e. The minimum Gasteiger partial charge on any atom is -0.370 e. The van der Waals surface area contributed by atoms with Crippen molar-refractivity contribution < 1.29 is 9.18 Å². The lowest BCUT2D eigenvalue weighted by Gasteiger charge is -2.36. The number of guanidine groups is 1. The molecular weight excluding hydrogens is 357 g/mol. The normalized spacial score (nSPS) is 14.9. The molecule has 0 saturated carbocycles. The molecule has 3 N–H and O–H groups in total. The van der Waals surface area contributed by atoms with Gasteiger partial charge in [0.2, 0.25) is 5.91 Å². The number of rotatable bonds is 5. The molecule has 0 bridgehead atoms. The summed E-state index contributed by atoms with van der Waals surface area (Å²) in [6.45, 7) is 5.12. The number of halogens is 1. The first kappa shape index (κ1) is 19.7. The third kappa shape index (κ3) is 5.45. The average molecular weight is 383 g/mol. The van der Waals surface area contributed by atoms with E-state index in [0.717, 1.165) is 30.0 Å². The summed E-state index contributed by atoms with van der Waals surface area (Å²) < 4.78 is 13.0. The summed E-state index contributed by atoms with van der Waals surface area (Å²) in [7, 11) is 0. The molecule has 2 aromatic rings. The highest BCUT2D eigenvalue weighted by Gasteiger charge is 2.20. The van der Waals surface area contributed by atoms with Crippen LogP contribution in [-0.2, 0) is 4.79 Å². The number of benzene rings is 2. The van der Waals surface area contributed by atoms with E-state index in [1.165, 1.54) is 12.1 Å². The van der Waals surface area contributed by atoms with E-state index < -0.39 is 0 Å². The van der Waals surface area contributed by atoms with E-state index in [1.807, 2.05) is 36.1 Å². The SMILES string of the molecule is Cc1cccc(NC(N)=NCCC(=O)N2CCN(c3ccc(F)cc3)CC2)c1. The van der Waals surface area contributed by atoms with E-state index in [9.17, 15) is 9.18 Å². The van der Waals surface area contributed by atoms with Crippen LogP contribution in [0.5, 0.6) is 0 Å². The zero-order chi connectivity index (χ0) is 19.9. The molecular formula is C21H26FN5O. The standard InChI is InChI=1S/C21H26FN5O/c1-16-3-2-4-18(15-16)25-21(23)24-10-9-20(28)27-13-11-26(12-14-27)19-7-5-17(22)6-8-19/h2-8,15H,9-14H2,1H3,(H3,23,24,25). The van der Waals surface area contributed by atoms with Crippen molar-refractivity contribution in [2.75, 3.05) is 42.9 Å². The van der Waals surface area contributed by atoms with Crippen LogP contribution in [0.1, 0.15) is 12.0 Å². The van der Waals surface area contributed by atoms with Crippen molar-refractivity contribution in [1.82, 2.24) is 4.90 Å². The van der Waals surface area contributed by atoms with Gasteiger partial charge >= 0.3 is 0 Å². The van der Waals surface area contributed by atoms with Gasteiger partial charge < -0.3 is 20.9 Å². The molecule has 0 spiro atoms. The summed E-state index contributed by atoms with van der Waals surface area (Å²) in [5, 5.41) is 3.03. The van der Waals surface area contributed by atoms with Crippen LogP contribution >= 0.6 is 0 Å². The first-order valence-corrected chi connectivity index (χ1v) is 9.43. The molecule has 0 aliphatic carbocycles. The van der Waals surface area contributed by atoms with Crippen LogP contribution in [0, 0.1) is 12.7 Å². The van der Waals surface area contributed by atoms with Crippen molar-refractivity contribution in [3.8, 4) is 0 Å². The van der Waals surface area contributed by atoms with E-state index in [2.05, 4.69) is 15.2 Å². The molecule has 1 aliphatic rings. The van der Waals surface area contributed by atoms with Gasteiger partial charge in [0.05, 0.1) is 6.54 Å². The van der Waals surface area contributed by atoms with Crippen molar-refractivity contribution in [2.24, 2.45) is 10.7 Å². The molecule has 1 amide bonds. The number of piperazine rings is 1. The van der Waals surface area contributed by atoms with Gasteiger partial charge in [-0.1, -0.05) is 12.1 Å². The van der Waals surface area contributed by atoms with Crippen molar-refractivity contribution in [1.29, 1.82) is 0 Å². The Hall–Kier alpha value is -3.09. The van der Waals surface area contributed by atoms with Crippen molar-refractivity contribution >= 4 is 23.2 Å². The lowest BCUT2D eigenvalue weighted by molar-refractivity contribution is -0.131. The van der Waals surface area contributed by atoms with E-state index in [-0.39, 0.29) is 11.7 Å². The molecule has 2 aromatic carbocycles. The van der Waals surface area contributed by atoms with Gasteiger partial charge in [-0.25, -0.2) is 4.39 Å². The molecule has 3 rings (SSSR count). The molecule has 28 heavy (non-hydrogen) atoms. The first-order chi connectivity index (χ1) is 13.5. The molecule has 1 heterocycles. The molecule has 0 atom stereocenters. The van der Waals surface area contributed by atoms with Gasteiger partial charge in [0.25, 0.3) is 0 Å². The smallest absolute Gasteiger partial charge is 0.224 e. The highest BCUT2D eigenvalue weighted by molar-refractivity contribution is 5.92. The molecule has 148 valence electrons. The van der Waals surface area contributed by atoms with Crippen molar-refractivity contribution in [3.63, 3.8) is 0 Å². The molecule has 1 fully saturated rings. The van der Waals surface area contributed by atoms with Gasteiger partial charge in [-0.05, 0) is 48.9 Å². The predicted molar refractivity (Wildman–Crippen MR) is 111 cm³/mol. The lowest BCUT2D eigenvalue weighted by atomic mass is 10.2. The Balaban J connectivity index is 1.42. The Kier molecular flexibility index (Phi) is 6.47. The Morgan fingerprint density at radius 2 is 1.86 bits per heavy atom. The molecule has 1 aliphatic heterocycles. The maximum atomic E-state index is 13.0. The average Bonchev–Trinajstić information content (AvgIpc) is 2.68. The number of carbonyl (C=O) groups excluding carboxylic acids is 1. The zero-order valence-corrected chi connectivity index (χ0v) is 16.1. The molecule has 1 saturated heterocycles. The quantitative estimate of drug-likeness (QED) is 0.615. The Morgan fingerprint density at radius 1 is 1.14 bits per heavy atom. The number of nitrogens with two attached hydrogens (primary N) is 1. The van der Waals surface area contributed by atoms with E-state index in [1.54, 1.807) is 12.1 Å². The summed E-state index contributed by atoms with van der Waals surface area (Å²) in [5.74, 6) is 0.139. The van der Waals surface area contributed by atoms with Gasteiger partial charge in [-0.2, -0.15) is 0 Å². The van der Waals surface area contributed by atoms with Crippen LogP contribution < -0.4 is 16.0 Å². The molecule has 0 unspecified atom stereocenters. The van der Waals surface area contributed by atoms with Crippen LogP contribution in [0.4, 0.5) is 15.8 Å². The van der Waals surface area contributed by atoms with Crippen LogP contribution in [0.15, 0.2) is 53.5 Å². The summed E-state index contributed by atoms with van der Waals surface area (Å²) in [4.78, 5) is 20.6. The number of carbonyl (C=O) groups is 1. The number of aliphatic imine (C=N–C) groups is 1. The van der Waals surface area contributed by atoms with Gasteiger partial charge in [-0.15, -0.1) is 0 Å². The fraction of sp³-hybridized carbons (Fsp3) is 0.333. The predicted octanol–water partition coefficient (Wildman–Crippen LogP) is 2.60. The zero-order valence-electron chi connectivity index (χ0n) is 16.1. The number of hydrogen-bond donors (Lipinski definition) is 2. The number of hydrogen-bond acceptors (Lipinski definition) is 3. The Bertz CT molecular complexity index is 829. The van der Waals surface area contributed by atoms with Crippen LogP contribution in [-0.4, -0.2) is 49.5 Å². The third-order valence-corrected chi connectivity index (χ3v) is 4.72. The summed E-state index contributed by atoms with van der Waals surface area (Å²) in [5.41, 5.74) is 8.89. The van der Waals surface area contributed by atoms with Gasteiger partial charge in [-0.3, -0.25) is 9.79 Å². The number of aryl methyl sites for hydroxylation is 1. The molecule has 6 nitrogen and oxygen atoms in total. The number of nitrogens with one attached hydrogen (secondary N) is 1. The van der Waals surface area contributed by atoms with Gasteiger partial charge in [0, 0.05) is 44.0 Å². The minimum atomic E-state index is -0.241. The van der Waals surface area contributed by atoms with E-state index in [4.69, 9.17) is 5.73 Å². The third-order valence-electron chi connectivity index (χ3n) is 4.72. The number of anilines is 2. The summed E-state index contributed by atoms with van der Waals surface area (Å²) in [6.07, 6.45) is 0.326. The summed E-state index contributed by atoms with van der Waals surface area (Å²) in [6, 6.07) is 14.3. The Labute approximate surface area is 164 Å². The molecule has 0 radical (unpaired) electrons. The second-order valence-corrected chi connectivity index (χ2v) is 6.86. The van der Waals surface area contributed by atoms with Crippen molar-refractivity contribution in [3.05, 3.63) is 59.9 Å². The van der Waals surface area contributed by atoms with Crippen LogP contribution in [0.2, 0.25) is 0 Å². The van der Waals surface area contributed by atoms with E-state index in [0.29, 0.717) is 32.0 Å². The highest BCUT2D eigenvalue weighted by Crippen LogP contribution is 2.17. The number of nitrogens with zero attached hydrogens (tertiary/aromatic N) is 3. The highest BCUT2D eigenvalue weighted by atomic mass is 19.1. The Morgan fingerprint density at radius 3 is 2.54 bits per heavy atom. The number of amides is 1. The fourth-order valence-corrected chi connectivity index (χ4v) is 3.21. The second-order valence-electron chi connectivity index (χ2n) is 6.86. The maximum absolute atomic E-state index is 13.0. The topological polar surface area (TPSA) is 74.0 Å².